The molecule has 3 nitrogen and oxygen atoms in total. The Bertz CT molecular complexity index is 558. The Morgan fingerprint density at radius 3 is 2.95 bits per heavy atom. The quantitative estimate of drug-likeness (QED) is 0.876. The van der Waals surface area contributed by atoms with Crippen LogP contribution in [0.15, 0.2) is 36.5 Å². The predicted octanol–water partition coefficient (Wildman–Crippen LogP) is 2.93. The number of hydrogen-bond acceptors (Lipinski definition) is 3. The largest absolute Gasteiger partial charge is 0.378 e. The molecule has 1 aromatic carbocycles. The monoisotopic (exact) mass is 270 g/mol. The number of nitrogens with zero attached hydrogens (tertiary/aromatic N) is 1. The molecule has 0 atom stereocenters. The van der Waals surface area contributed by atoms with Crippen LogP contribution in [0, 0.1) is 0 Å². The Kier molecular flexibility index (Phi) is 4.28. The summed E-state index contributed by atoms with van der Waals surface area (Å²) >= 11 is 0. The molecule has 20 heavy (non-hydrogen) atoms. The van der Waals surface area contributed by atoms with Crippen LogP contribution in [0.5, 0.6) is 0 Å². The van der Waals surface area contributed by atoms with E-state index in [9.17, 15) is 0 Å². The Morgan fingerprint density at radius 2 is 2.10 bits per heavy atom. The molecule has 0 aliphatic heterocycles. The number of benzene rings is 1. The molecule has 0 bridgehead atoms. The van der Waals surface area contributed by atoms with Gasteiger partial charge in [-0.25, -0.2) is 0 Å². The number of para-hydroxylation sites is 1. The summed E-state index contributed by atoms with van der Waals surface area (Å²) in [5.74, 6) is 0. The Labute approximate surface area is 120 Å². The number of pyridine rings is 1. The van der Waals surface area contributed by atoms with E-state index >= 15 is 0 Å². The smallest absolute Gasteiger partial charge is 0.0734 e. The van der Waals surface area contributed by atoms with Crippen molar-refractivity contribution in [2.24, 2.45) is 0 Å². The lowest BCUT2D eigenvalue weighted by atomic mass is 9.89. The fourth-order valence-corrected chi connectivity index (χ4v) is 2.88. The zero-order chi connectivity index (χ0) is 13.8. The summed E-state index contributed by atoms with van der Waals surface area (Å²) in [5.41, 5.74) is 2.47. The van der Waals surface area contributed by atoms with Crippen LogP contribution in [0.2, 0.25) is 0 Å². The highest BCUT2D eigenvalue weighted by atomic mass is 16.5. The number of ether oxygens (including phenoxy) is 1. The molecule has 0 spiro atoms. The third-order valence-corrected chi connectivity index (χ3v) is 4.04. The molecule has 1 N–H and O–H groups in total. The number of hydrogen-bond donors (Lipinski definition) is 1. The van der Waals surface area contributed by atoms with Gasteiger partial charge < -0.3 is 10.1 Å². The Hall–Kier alpha value is -1.45. The van der Waals surface area contributed by atoms with Crippen LogP contribution < -0.4 is 5.32 Å². The normalized spacial score (nSPS) is 21.9. The molecule has 3 heteroatoms. The van der Waals surface area contributed by atoms with Crippen LogP contribution in [0.4, 0.5) is 0 Å². The van der Waals surface area contributed by atoms with Gasteiger partial charge in [0.1, 0.15) is 0 Å². The zero-order valence-electron chi connectivity index (χ0n) is 12.0. The molecule has 1 saturated carbocycles. The van der Waals surface area contributed by atoms with Crippen LogP contribution in [-0.4, -0.2) is 30.3 Å². The maximum absolute atomic E-state index is 5.58. The Balaban J connectivity index is 1.51. The molecular weight excluding hydrogens is 248 g/mol. The van der Waals surface area contributed by atoms with Gasteiger partial charge in [-0.1, -0.05) is 24.3 Å². The molecule has 0 radical (unpaired) electrons. The lowest BCUT2D eigenvalue weighted by Crippen LogP contribution is -2.46. The lowest BCUT2D eigenvalue weighted by Gasteiger charge is -2.35. The van der Waals surface area contributed by atoms with Crippen LogP contribution in [0.25, 0.3) is 10.9 Å². The van der Waals surface area contributed by atoms with E-state index < -0.39 is 0 Å². The maximum atomic E-state index is 5.58. The first-order valence-electron chi connectivity index (χ1n) is 7.54. The third-order valence-electron chi connectivity index (χ3n) is 4.04. The van der Waals surface area contributed by atoms with Crippen molar-refractivity contribution in [1.29, 1.82) is 0 Å². The van der Waals surface area contributed by atoms with E-state index in [-0.39, 0.29) is 0 Å². The first kappa shape index (κ1) is 13.5. The highest BCUT2D eigenvalue weighted by Crippen LogP contribution is 2.23. The zero-order valence-corrected chi connectivity index (χ0v) is 12.0. The van der Waals surface area contributed by atoms with Crippen LogP contribution in [0.3, 0.4) is 0 Å². The Morgan fingerprint density at radius 1 is 1.25 bits per heavy atom. The molecule has 1 aliphatic rings. The first-order chi connectivity index (χ1) is 9.86. The van der Waals surface area contributed by atoms with E-state index in [1.165, 1.54) is 10.9 Å². The van der Waals surface area contributed by atoms with E-state index in [0.29, 0.717) is 12.1 Å². The second-order valence-electron chi connectivity index (χ2n) is 5.44. The van der Waals surface area contributed by atoms with Crippen molar-refractivity contribution >= 4 is 10.9 Å². The van der Waals surface area contributed by atoms with Crippen molar-refractivity contribution in [2.45, 2.75) is 38.3 Å². The summed E-state index contributed by atoms with van der Waals surface area (Å²) in [6.07, 6.45) is 5.70. The molecule has 0 unspecified atom stereocenters. The van der Waals surface area contributed by atoms with E-state index in [2.05, 4.69) is 41.5 Å². The fourth-order valence-electron chi connectivity index (χ4n) is 2.88. The van der Waals surface area contributed by atoms with E-state index in [0.717, 1.165) is 37.9 Å². The fraction of sp³-hybridized carbons (Fsp3) is 0.471. The SMILES string of the molecule is CCOC1CC(NCCc2cccc3cccnc23)C1. The highest BCUT2D eigenvalue weighted by molar-refractivity contribution is 5.81. The molecule has 0 saturated heterocycles. The summed E-state index contributed by atoms with van der Waals surface area (Å²) in [5, 5.41) is 4.84. The second-order valence-corrected chi connectivity index (χ2v) is 5.44. The van der Waals surface area contributed by atoms with Crippen molar-refractivity contribution < 1.29 is 4.74 Å². The van der Waals surface area contributed by atoms with Gasteiger partial charge >= 0.3 is 0 Å². The summed E-state index contributed by atoms with van der Waals surface area (Å²) in [6, 6.07) is 11.2. The van der Waals surface area contributed by atoms with Crippen molar-refractivity contribution in [2.75, 3.05) is 13.2 Å². The molecule has 3 rings (SSSR count). The number of fused-ring (bicyclic) bond motifs is 1. The van der Waals surface area contributed by atoms with E-state index in [4.69, 9.17) is 4.74 Å². The lowest BCUT2D eigenvalue weighted by molar-refractivity contribution is -0.00960. The van der Waals surface area contributed by atoms with Crippen molar-refractivity contribution in [1.82, 2.24) is 10.3 Å². The summed E-state index contributed by atoms with van der Waals surface area (Å²) in [4.78, 5) is 4.50. The average Bonchev–Trinajstić information content (AvgIpc) is 2.45. The highest BCUT2D eigenvalue weighted by Gasteiger charge is 2.28. The molecule has 1 fully saturated rings. The molecule has 1 aromatic heterocycles. The van der Waals surface area contributed by atoms with Crippen LogP contribution in [-0.2, 0) is 11.2 Å². The third kappa shape index (κ3) is 3.00. The van der Waals surface area contributed by atoms with Gasteiger partial charge in [-0.3, -0.25) is 4.98 Å². The van der Waals surface area contributed by atoms with Gasteiger partial charge in [-0.05, 0) is 44.4 Å². The van der Waals surface area contributed by atoms with Crippen LogP contribution in [0.1, 0.15) is 25.3 Å². The molecule has 1 aliphatic carbocycles. The molecular formula is C17H22N2O. The van der Waals surface area contributed by atoms with E-state index in [1.807, 2.05) is 12.3 Å². The van der Waals surface area contributed by atoms with Gasteiger partial charge in [-0.15, -0.1) is 0 Å². The van der Waals surface area contributed by atoms with E-state index in [1.54, 1.807) is 0 Å². The van der Waals surface area contributed by atoms with Crippen molar-refractivity contribution in [3.05, 3.63) is 42.1 Å². The standard InChI is InChI=1S/C17H22N2O/c1-2-20-16-11-15(12-16)18-10-8-14-6-3-5-13-7-4-9-19-17(13)14/h3-7,9,15-16,18H,2,8,10-12H2,1H3. The summed E-state index contributed by atoms with van der Waals surface area (Å²) in [6.45, 7) is 3.91. The molecule has 1 heterocycles. The summed E-state index contributed by atoms with van der Waals surface area (Å²) in [7, 11) is 0. The van der Waals surface area contributed by atoms with Gasteiger partial charge in [0.15, 0.2) is 0 Å². The number of rotatable bonds is 6. The number of aromatic nitrogens is 1. The molecule has 2 aromatic rings. The van der Waals surface area contributed by atoms with Gasteiger partial charge in [0.2, 0.25) is 0 Å². The van der Waals surface area contributed by atoms with Crippen LogP contribution >= 0.6 is 0 Å². The van der Waals surface area contributed by atoms with Gasteiger partial charge in [0.05, 0.1) is 11.6 Å². The minimum absolute atomic E-state index is 0.483. The van der Waals surface area contributed by atoms with Crippen molar-refractivity contribution in [3.63, 3.8) is 0 Å². The van der Waals surface area contributed by atoms with Gasteiger partial charge in [0.25, 0.3) is 0 Å². The molecule has 0 amide bonds. The topological polar surface area (TPSA) is 34.1 Å². The second kappa shape index (κ2) is 6.33. The van der Waals surface area contributed by atoms with Gasteiger partial charge in [0, 0.05) is 24.2 Å². The maximum Gasteiger partial charge on any atom is 0.0734 e. The van der Waals surface area contributed by atoms with Gasteiger partial charge in [-0.2, -0.15) is 0 Å². The first-order valence-corrected chi connectivity index (χ1v) is 7.54. The predicted molar refractivity (Wildman–Crippen MR) is 81.9 cm³/mol. The summed E-state index contributed by atoms with van der Waals surface area (Å²) < 4.78 is 5.58. The molecule has 106 valence electrons. The average molecular weight is 270 g/mol. The minimum atomic E-state index is 0.483. The van der Waals surface area contributed by atoms with Crippen molar-refractivity contribution in [3.8, 4) is 0 Å². The minimum Gasteiger partial charge on any atom is -0.378 e. The number of nitrogens with one attached hydrogen (secondary N) is 1.